The second kappa shape index (κ2) is 10.9. The Morgan fingerprint density at radius 1 is 1.08 bits per heavy atom. The lowest BCUT2D eigenvalue weighted by molar-refractivity contribution is -0.138. The summed E-state index contributed by atoms with van der Waals surface area (Å²) in [4.78, 5) is 28.3. The first kappa shape index (κ1) is 27.8. The van der Waals surface area contributed by atoms with Crippen LogP contribution in [0.5, 0.6) is 0 Å². The number of anilines is 1. The number of pyridine rings is 2. The maximum atomic E-state index is 15.0. The predicted octanol–water partition coefficient (Wildman–Crippen LogP) is 5.66. The smallest absolute Gasteiger partial charge is 0.381 e. The van der Waals surface area contributed by atoms with Crippen LogP contribution in [0.2, 0.25) is 0 Å². The third-order valence-corrected chi connectivity index (χ3v) is 6.04. The molecule has 3 aromatic heterocycles. The number of H-pyrrole nitrogens is 1. The summed E-state index contributed by atoms with van der Waals surface area (Å²) in [5, 5.41) is 7.27. The van der Waals surface area contributed by atoms with Gasteiger partial charge in [-0.3, -0.25) is 14.6 Å². The fraction of sp³-hybridized carbons (Fsp3) is 0.280. The molecule has 7 nitrogen and oxygen atoms in total. The lowest BCUT2D eigenvalue weighted by Crippen LogP contribution is -2.27. The molecule has 14 heteroatoms. The fourth-order valence-electron chi connectivity index (χ4n) is 4.13. The third-order valence-electron chi connectivity index (χ3n) is 6.04. The zero-order valence-electron chi connectivity index (χ0n) is 20.1. The van der Waals surface area contributed by atoms with Gasteiger partial charge in [0.2, 0.25) is 0 Å². The van der Waals surface area contributed by atoms with E-state index in [-0.39, 0.29) is 41.6 Å². The Morgan fingerprint density at radius 3 is 2.46 bits per heavy atom. The van der Waals surface area contributed by atoms with Gasteiger partial charge in [0.1, 0.15) is 5.56 Å². The van der Waals surface area contributed by atoms with E-state index in [0.29, 0.717) is 0 Å². The topological polar surface area (TPSA) is 92.7 Å². The second-order valence-corrected chi connectivity index (χ2v) is 8.78. The van der Waals surface area contributed by atoms with Gasteiger partial charge in [-0.1, -0.05) is 0 Å². The van der Waals surface area contributed by atoms with Crippen molar-refractivity contribution >= 4 is 16.5 Å². The Kier molecular flexibility index (Phi) is 7.74. The van der Waals surface area contributed by atoms with Crippen molar-refractivity contribution in [1.82, 2.24) is 19.7 Å². The Bertz CT molecular complexity index is 1620. The number of benzene rings is 1. The number of aromatic nitrogens is 4. The number of alkyl halides is 5. The molecule has 0 amide bonds. The summed E-state index contributed by atoms with van der Waals surface area (Å²) in [6, 6.07) is 4.19. The van der Waals surface area contributed by atoms with E-state index in [9.17, 15) is 40.3 Å². The van der Waals surface area contributed by atoms with Crippen molar-refractivity contribution in [2.45, 2.75) is 45.0 Å². The number of hydrogen-bond acceptors (Lipinski definition) is 5. The summed E-state index contributed by atoms with van der Waals surface area (Å²) >= 11 is 0. The first-order chi connectivity index (χ1) is 18.4. The molecule has 0 radical (unpaired) electrons. The largest absolute Gasteiger partial charge is 0.423 e. The molecule has 39 heavy (non-hydrogen) atoms. The first-order valence-electron chi connectivity index (χ1n) is 11.6. The zero-order chi connectivity index (χ0) is 28.5. The van der Waals surface area contributed by atoms with Crippen LogP contribution < -0.4 is 16.4 Å². The standard InChI is InChI=1S/C25H20F7N5O2/c1-12(35-17-11-34-36-23(38)19(17)25(30,31)32)3-2-7-37-8-6-13-9-15(20(26)21(27)18(13)24(37)39)16-5-4-14(10-33-16)22(28)29/h4-6,8-12,22H,2-3,7H2,1H3,(H2,35,36,38)/t12-/m0/s1. The minimum Gasteiger partial charge on any atom is -0.381 e. The van der Waals surface area contributed by atoms with Crippen LogP contribution in [0.4, 0.5) is 36.4 Å². The highest BCUT2D eigenvalue weighted by Gasteiger charge is 2.37. The molecule has 3 heterocycles. The predicted molar refractivity (Wildman–Crippen MR) is 128 cm³/mol. The molecule has 0 aliphatic heterocycles. The lowest BCUT2D eigenvalue weighted by atomic mass is 10.0. The molecule has 206 valence electrons. The highest BCUT2D eigenvalue weighted by atomic mass is 19.4. The number of fused-ring (bicyclic) bond motifs is 1. The van der Waals surface area contributed by atoms with Crippen LogP contribution in [0.3, 0.4) is 0 Å². The molecule has 4 rings (SSSR count). The number of halogens is 7. The molecule has 0 fully saturated rings. The number of aryl methyl sites for hydroxylation is 1. The van der Waals surface area contributed by atoms with E-state index in [1.165, 1.54) is 18.3 Å². The summed E-state index contributed by atoms with van der Waals surface area (Å²) in [7, 11) is 0. The quantitative estimate of drug-likeness (QED) is 0.274. The summed E-state index contributed by atoms with van der Waals surface area (Å²) in [5.74, 6) is -2.78. The molecule has 0 bridgehead atoms. The van der Waals surface area contributed by atoms with Crippen LogP contribution in [0, 0.1) is 11.6 Å². The monoisotopic (exact) mass is 555 g/mol. The van der Waals surface area contributed by atoms with Gasteiger partial charge in [0, 0.05) is 36.1 Å². The normalized spacial score (nSPS) is 12.7. The second-order valence-electron chi connectivity index (χ2n) is 8.78. The van der Waals surface area contributed by atoms with Gasteiger partial charge >= 0.3 is 6.18 Å². The Labute approximate surface area is 215 Å². The van der Waals surface area contributed by atoms with Gasteiger partial charge in [-0.2, -0.15) is 18.3 Å². The Hall–Kier alpha value is -4.23. The van der Waals surface area contributed by atoms with Crippen molar-refractivity contribution in [1.29, 1.82) is 0 Å². The molecule has 0 unspecified atom stereocenters. The number of rotatable bonds is 8. The van der Waals surface area contributed by atoms with Crippen molar-refractivity contribution < 1.29 is 30.7 Å². The van der Waals surface area contributed by atoms with Crippen LogP contribution in [0.1, 0.15) is 37.3 Å². The first-order valence-corrected chi connectivity index (χ1v) is 11.6. The number of nitrogens with zero attached hydrogens (tertiary/aromatic N) is 3. The third kappa shape index (κ3) is 5.78. The highest BCUT2D eigenvalue weighted by molar-refractivity contribution is 5.87. The van der Waals surface area contributed by atoms with E-state index in [4.69, 9.17) is 0 Å². The average molecular weight is 555 g/mol. The summed E-state index contributed by atoms with van der Waals surface area (Å²) < 4.78 is 96.2. The van der Waals surface area contributed by atoms with Crippen molar-refractivity contribution in [2.24, 2.45) is 0 Å². The maximum absolute atomic E-state index is 15.0. The molecule has 1 aromatic carbocycles. The number of nitrogens with one attached hydrogen (secondary N) is 2. The molecule has 1 atom stereocenters. The minimum atomic E-state index is -4.90. The van der Waals surface area contributed by atoms with Crippen LogP contribution >= 0.6 is 0 Å². The highest BCUT2D eigenvalue weighted by Crippen LogP contribution is 2.32. The van der Waals surface area contributed by atoms with E-state index < -0.39 is 58.0 Å². The van der Waals surface area contributed by atoms with Crippen LogP contribution in [0.25, 0.3) is 22.0 Å². The zero-order valence-corrected chi connectivity index (χ0v) is 20.1. The number of aromatic amines is 1. The van der Waals surface area contributed by atoms with Gasteiger partial charge in [0.15, 0.2) is 11.6 Å². The maximum Gasteiger partial charge on any atom is 0.423 e. The van der Waals surface area contributed by atoms with Gasteiger partial charge in [0.05, 0.1) is 23.0 Å². The van der Waals surface area contributed by atoms with Crippen LogP contribution in [-0.2, 0) is 12.7 Å². The van der Waals surface area contributed by atoms with E-state index in [2.05, 4.69) is 15.4 Å². The summed E-state index contributed by atoms with van der Waals surface area (Å²) in [6.07, 6.45) is -4.10. The van der Waals surface area contributed by atoms with Crippen molar-refractivity contribution in [2.75, 3.05) is 5.32 Å². The SMILES string of the molecule is C[C@@H](CCCn1ccc2cc(-c3ccc(C(F)F)cn3)c(F)c(F)c2c1=O)Nc1cn[nH]c(=O)c1C(F)(F)F. The average Bonchev–Trinajstić information content (AvgIpc) is 2.86. The van der Waals surface area contributed by atoms with Crippen LogP contribution in [-0.4, -0.2) is 25.8 Å². The van der Waals surface area contributed by atoms with Crippen molar-refractivity contribution in [3.8, 4) is 11.3 Å². The Balaban J connectivity index is 1.51. The van der Waals surface area contributed by atoms with Crippen LogP contribution in [0.15, 0.2) is 52.4 Å². The lowest BCUT2D eigenvalue weighted by Gasteiger charge is -2.18. The molecular weight excluding hydrogens is 535 g/mol. The van der Waals surface area contributed by atoms with Gasteiger partial charge < -0.3 is 9.88 Å². The molecule has 4 aromatic rings. The molecule has 0 aliphatic rings. The van der Waals surface area contributed by atoms with E-state index in [1.54, 1.807) is 12.0 Å². The van der Waals surface area contributed by atoms with Crippen molar-refractivity contribution in [3.05, 3.63) is 86.3 Å². The fourth-order valence-corrected chi connectivity index (χ4v) is 4.13. The van der Waals surface area contributed by atoms with Crippen molar-refractivity contribution in [3.63, 3.8) is 0 Å². The molecule has 0 saturated carbocycles. The van der Waals surface area contributed by atoms with Gasteiger partial charge in [-0.05, 0) is 49.4 Å². The molecular formula is C25H20F7N5O2. The minimum absolute atomic E-state index is 0.0417. The van der Waals surface area contributed by atoms with E-state index >= 15 is 0 Å². The van der Waals surface area contributed by atoms with E-state index in [1.807, 2.05) is 0 Å². The molecule has 0 aliphatic carbocycles. The molecule has 0 saturated heterocycles. The summed E-state index contributed by atoms with van der Waals surface area (Å²) in [5.41, 5.74) is -4.89. The molecule has 2 N–H and O–H groups in total. The summed E-state index contributed by atoms with van der Waals surface area (Å²) in [6.45, 7) is 1.61. The van der Waals surface area contributed by atoms with E-state index in [0.717, 1.165) is 29.1 Å². The Morgan fingerprint density at radius 2 is 1.82 bits per heavy atom. The van der Waals surface area contributed by atoms with Gasteiger partial charge in [0.25, 0.3) is 17.5 Å². The van der Waals surface area contributed by atoms with Gasteiger partial charge in [-0.15, -0.1) is 0 Å². The molecule has 0 spiro atoms. The van der Waals surface area contributed by atoms with Gasteiger partial charge in [-0.25, -0.2) is 22.7 Å². The number of hydrogen-bond donors (Lipinski definition) is 2.